The summed E-state index contributed by atoms with van der Waals surface area (Å²) in [6.45, 7) is 4.41. The molecule has 1 aliphatic rings. The van der Waals surface area contributed by atoms with E-state index in [0.717, 1.165) is 17.7 Å². The van der Waals surface area contributed by atoms with Gasteiger partial charge in [0, 0.05) is 10.2 Å². The second-order valence-corrected chi connectivity index (χ2v) is 7.95. The molecule has 0 saturated carbocycles. The number of hydrogen-bond acceptors (Lipinski definition) is 5. The molecule has 1 heterocycles. The van der Waals surface area contributed by atoms with E-state index in [1.54, 1.807) is 18.2 Å². The van der Waals surface area contributed by atoms with Crippen LogP contribution in [0.25, 0.3) is 6.08 Å². The second kappa shape index (κ2) is 8.71. The van der Waals surface area contributed by atoms with Crippen molar-refractivity contribution in [1.29, 1.82) is 0 Å². The van der Waals surface area contributed by atoms with Crippen LogP contribution in [0.5, 0.6) is 11.5 Å². The molecule has 1 amide bonds. The van der Waals surface area contributed by atoms with E-state index in [1.807, 2.05) is 19.1 Å². The lowest BCUT2D eigenvalue weighted by Crippen LogP contribution is -2.30. The zero-order valence-electron chi connectivity index (χ0n) is 15.1. The van der Waals surface area contributed by atoms with E-state index in [4.69, 9.17) is 4.74 Å². The molecule has 0 unspecified atom stereocenters. The van der Waals surface area contributed by atoms with E-state index < -0.39 is 0 Å². The Bertz CT molecular complexity index is 868. The number of hydrogen-bond donors (Lipinski definition) is 3. The highest BCUT2D eigenvalue weighted by Gasteiger charge is 2.27. The highest BCUT2D eigenvalue weighted by Crippen LogP contribution is 2.36. The third-order valence-electron chi connectivity index (χ3n) is 4.06. The maximum atomic E-state index is 12.3. The zero-order chi connectivity index (χ0) is 19.4. The molecule has 142 valence electrons. The van der Waals surface area contributed by atoms with Crippen LogP contribution in [0.15, 0.2) is 45.8 Å². The number of amides is 1. The number of phenols is 1. The largest absolute Gasteiger partial charge is 0.504 e. The van der Waals surface area contributed by atoms with Crippen molar-refractivity contribution in [3.8, 4) is 11.5 Å². The first kappa shape index (κ1) is 19.6. The Morgan fingerprint density at radius 1 is 1.30 bits per heavy atom. The summed E-state index contributed by atoms with van der Waals surface area (Å²) in [5, 5.41) is 16.2. The van der Waals surface area contributed by atoms with Crippen molar-refractivity contribution in [3.63, 3.8) is 0 Å². The Kier molecular flexibility index (Phi) is 6.34. The van der Waals surface area contributed by atoms with Crippen molar-refractivity contribution in [3.05, 3.63) is 56.9 Å². The predicted molar refractivity (Wildman–Crippen MR) is 114 cm³/mol. The number of phenolic OH excluding ortho intramolecular Hbond substituents is 1. The van der Waals surface area contributed by atoms with Gasteiger partial charge in [-0.1, -0.05) is 46.7 Å². The molecule has 0 spiro atoms. The van der Waals surface area contributed by atoms with Crippen molar-refractivity contribution in [2.45, 2.75) is 25.8 Å². The van der Waals surface area contributed by atoms with Gasteiger partial charge >= 0.3 is 0 Å². The second-order valence-electron chi connectivity index (χ2n) is 5.95. The molecule has 1 atom stereocenters. The number of rotatable bonds is 6. The lowest BCUT2D eigenvalue weighted by molar-refractivity contribution is -0.116. The normalized spacial score (nSPS) is 17.8. The van der Waals surface area contributed by atoms with Crippen LogP contribution < -0.4 is 15.4 Å². The van der Waals surface area contributed by atoms with Gasteiger partial charge in [0.05, 0.1) is 11.5 Å². The van der Waals surface area contributed by atoms with Gasteiger partial charge in [0.15, 0.2) is 17.0 Å². The summed E-state index contributed by atoms with van der Waals surface area (Å²) in [5.41, 5.74) is 2.75. The van der Waals surface area contributed by atoms with E-state index in [0.29, 0.717) is 21.7 Å². The molecule has 3 rings (SSSR count). The van der Waals surface area contributed by atoms with Gasteiger partial charge in [-0.05, 0) is 54.8 Å². The molecule has 5 nitrogen and oxygen atoms in total. The highest BCUT2D eigenvalue weighted by molar-refractivity contribution is 9.10. The number of carbonyl (C=O) groups is 1. The van der Waals surface area contributed by atoms with Crippen molar-refractivity contribution in [2.24, 2.45) is 0 Å². The van der Waals surface area contributed by atoms with Crippen LogP contribution in [0.2, 0.25) is 0 Å². The molecule has 0 aliphatic carbocycles. The van der Waals surface area contributed by atoms with Crippen molar-refractivity contribution in [2.75, 3.05) is 11.9 Å². The number of nitrogens with one attached hydrogen (secondary N) is 2. The van der Waals surface area contributed by atoms with Gasteiger partial charge in [-0.2, -0.15) is 0 Å². The van der Waals surface area contributed by atoms with Crippen molar-refractivity contribution >= 4 is 45.4 Å². The Morgan fingerprint density at radius 2 is 2.04 bits per heavy atom. The number of ether oxygens (including phenoxy) is 1. The predicted octanol–water partition coefficient (Wildman–Crippen LogP) is 4.72. The van der Waals surface area contributed by atoms with Gasteiger partial charge in [0.1, 0.15) is 0 Å². The number of thioether (sulfide) groups is 1. The highest BCUT2D eigenvalue weighted by atomic mass is 79.9. The van der Waals surface area contributed by atoms with E-state index >= 15 is 0 Å². The lowest BCUT2D eigenvalue weighted by Gasteiger charge is -2.13. The van der Waals surface area contributed by atoms with E-state index in [9.17, 15) is 9.90 Å². The van der Waals surface area contributed by atoms with E-state index in [-0.39, 0.29) is 17.2 Å². The number of benzene rings is 2. The fourth-order valence-corrected chi connectivity index (χ4v) is 4.06. The Labute approximate surface area is 171 Å². The Hall–Kier alpha value is -2.12. The van der Waals surface area contributed by atoms with Gasteiger partial charge in [0.25, 0.3) is 5.91 Å². The molecular weight excluding hydrogens is 428 g/mol. The molecule has 0 bridgehead atoms. The third kappa shape index (κ3) is 4.78. The maximum Gasteiger partial charge on any atom is 0.260 e. The molecule has 0 aromatic heterocycles. The summed E-state index contributed by atoms with van der Waals surface area (Å²) in [6.07, 6.45) is 2.78. The molecule has 2 aromatic rings. The Morgan fingerprint density at radius 3 is 2.70 bits per heavy atom. The fraction of sp³-hybridized carbons (Fsp3) is 0.250. The minimum atomic E-state index is -0.238. The SMILES string of the molecule is CCOc1cc(/C=C2\S[C@H](Nc3ccc(CC)cc3)NC2=O)c(Br)cc1O. The van der Waals surface area contributed by atoms with Crippen LogP contribution in [0.1, 0.15) is 25.0 Å². The monoisotopic (exact) mass is 448 g/mol. The molecule has 0 radical (unpaired) electrons. The minimum Gasteiger partial charge on any atom is -0.504 e. The van der Waals surface area contributed by atoms with Crippen molar-refractivity contribution < 1.29 is 14.6 Å². The van der Waals surface area contributed by atoms with Crippen LogP contribution in [0.4, 0.5) is 5.69 Å². The summed E-state index contributed by atoms with van der Waals surface area (Å²) in [4.78, 5) is 12.9. The van der Waals surface area contributed by atoms with Gasteiger partial charge < -0.3 is 20.5 Å². The molecule has 1 saturated heterocycles. The average molecular weight is 449 g/mol. The van der Waals surface area contributed by atoms with Crippen LogP contribution in [-0.4, -0.2) is 23.1 Å². The first-order valence-electron chi connectivity index (χ1n) is 8.70. The first-order chi connectivity index (χ1) is 13.0. The maximum absolute atomic E-state index is 12.3. The number of carbonyl (C=O) groups excluding carboxylic acids is 1. The van der Waals surface area contributed by atoms with Gasteiger partial charge in [-0.3, -0.25) is 4.79 Å². The van der Waals surface area contributed by atoms with Crippen molar-refractivity contribution in [1.82, 2.24) is 5.32 Å². The van der Waals surface area contributed by atoms with Gasteiger partial charge in [0.2, 0.25) is 0 Å². The molecule has 1 aliphatic heterocycles. The fourth-order valence-electron chi connectivity index (χ4n) is 2.63. The molecule has 2 aromatic carbocycles. The zero-order valence-corrected chi connectivity index (χ0v) is 17.5. The topological polar surface area (TPSA) is 70.6 Å². The quantitative estimate of drug-likeness (QED) is 0.557. The summed E-state index contributed by atoms with van der Waals surface area (Å²) in [6, 6.07) is 11.5. The number of aryl methyl sites for hydroxylation is 1. The molecule has 1 fully saturated rings. The van der Waals surface area contributed by atoms with E-state index in [2.05, 4.69) is 45.6 Å². The third-order valence-corrected chi connectivity index (χ3v) is 5.77. The van der Waals surface area contributed by atoms with Gasteiger partial charge in [-0.25, -0.2) is 0 Å². The van der Waals surface area contributed by atoms with Crippen LogP contribution in [-0.2, 0) is 11.2 Å². The van der Waals surface area contributed by atoms with Crippen LogP contribution >= 0.6 is 27.7 Å². The summed E-state index contributed by atoms with van der Waals surface area (Å²) >= 11 is 4.84. The standard InChI is InChI=1S/C20H21BrN2O3S/c1-3-12-5-7-14(8-6-12)22-20-23-19(25)18(27-20)10-13-9-17(26-4-2)16(24)11-15(13)21/h5-11,20,22,24H,3-4H2,1-2H3,(H,23,25)/b18-10-/t20-/m1/s1. The summed E-state index contributed by atoms with van der Waals surface area (Å²) in [5.74, 6) is 0.312. The average Bonchev–Trinajstić information content (AvgIpc) is 2.99. The summed E-state index contributed by atoms with van der Waals surface area (Å²) in [7, 11) is 0. The van der Waals surface area contributed by atoms with Crippen LogP contribution in [0.3, 0.4) is 0 Å². The number of aromatic hydroxyl groups is 1. The lowest BCUT2D eigenvalue weighted by atomic mass is 10.1. The van der Waals surface area contributed by atoms with E-state index in [1.165, 1.54) is 17.3 Å². The Balaban J connectivity index is 1.75. The molecular formula is C20H21BrN2O3S. The first-order valence-corrected chi connectivity index (χ1v) is 10.4. The number of anilines is 1. The number of halogens is 1. The molecule has 27 heavy (non-hydrogen) atoms. The van der Waals surface area contributed by atoms with Gasteiger partial charge in [-0.15, -0.1) is 0 Å². The van der Waals surface area contributed by atoms with Crippen LogP contribution in [0, 0.1) is 0 Å². The molecule has 7 heteroatoms. The smallest absolute Gasteiger partial charge is 0.260 e. The minimum absolute atomic E-state index is 0.0597. The summed E-state index contributed by atoms with van der Waals surface area (Å²) < 4.78 is 6.11. The molecule has 3 N–H and O–H groups in total.